The first-order chi connectivity index (χ1) is 5.39. The van der Waals surface area contributed by atoms with E-state index in [1.807, 2.05) is 0 Å². The number of rotatable bonds is 0. The second kappa shape index (κ2) is 5.59. The van der Waals surface area contributed by atoms with Gasteiger partial charge < -0.3 is 5.11 Å². The Bertz CT molecular complexity index is 80.9. The van der Waals surface area contributed by atoms with E-state index < -0.39 is 0 Å². The molecule has 0 heterocycles. The van der Waals surface area contributed by atoms with Gasteiger partial charge in [-0.1, -0.05) is 38.5 Å². The first-order valence-electron chi connectivity index (χ1n) is 4.91. The summed E-state index contributed by atoms with van der Waals surface area (Å²) in [6.07, 6.45) is 12.0. The molecular formula is C10H19O. The Morgan fingerprint density at radius 2 is 1.55 bits per heavy atom. The molecule has 1 atom stereocenters. The highest BCUT2D eigenvalue weighted by Gasteiger charge is 2.05. The van der Waals surface area contributed by atoms with E-state index in [-0.39, 0.29) is 6.10 Å². The molecule has 1 rings (SSSR count). The van der Waals surface area contributed by atoms with Gasteiger partial charge in [0.25, 0.3) is 0 Å². The Balaban J connectivity index is 2.12. The van der Waals surface area contributed by atoms with Crippen molar-refractivity contribution >= 4 is 0 Å². The van der Waals surface area contributed by atoms with E-state index in [1.165, 1.54) is 38.5 Å². The zero-order valence-electron chi connectivity index (χ0n) is 7.26. The SMILES string of the molecule is OC1[CH]CCCCCCCC1. The predicted molar refractivity (Wildman–Crippen MR) is 47.2 cm³/mol. The summed E-state index contributed by atoms with van der Waals surface area (Å²) in [5.74, 6) is 0. The molecule has 1 N–H and O–H groups in total. The highest BCUT2D eigenvalue weighted by atomic mass is 16.3. The normalized spacial score (nSPS) is 24.8. The van der Waals surface area contributed by atoms with Gasteiger partial charge in [0, 0.05) is 0 Å². The minimum Gasteiger partial charge on any atom is -0.393 e. The molecule has 0 aromatic heterocycles. The second-order valence-corrected chi connectivity index (χ2v) is 3.50. The smallest absolute Gasteiger partial charge is 0.0572 e. The molecule has 0 amide bonds. The lowest BCUT2D eigenvalue weighted by atomic mass is 9.99. The van der Waals surface area contributed by atoms with Crippen LogP contribution in [0.1, 0.15) is 51.4 Å². The van der Waals surface area contributed by atoms with Crippen molar-refractivity contribution in [3.63, 3.8) is 0 Å². The van der Waals surface area contributed by atoms with Crippen molar-refractivity contribution in [2.45, 2.75) is 57.5 Å². The molecule has 0 saturated heterocycles. The summed E-state index contributed by atoms with van der Waals surface area (Å²) in [4.78, 5) is 0. The van der Waals surface area contributed by atoms with Crippen molar-refractivity contribution < 1.29 is 5.11 Å². The van der Waals surface area contributed by atoms with Crippen molar-refractivity contribution in [2.24, 2.45) is 0 Å². The lowest BCUT2D eigenvalue weighted by Crippen LogP contribution is -2.07. The van der Waals surface area contributed by atoms with Gasteiger partial charge >= 0.3 is 0 Å². The molecule has 1 unspecified atom stereocenters. The molecule has 0 spiro atoms. The highest BCUT2D eigenvalue weighted by Crippen LogP contribution is 2.15. The molecule has 1 nitrogen and oxygen atoms in total. The summed E-state index contributed by atoms with van der Waals surface area (Å²) >= 11 is 0. The van der Waals surface area contributed by atoms with Gasteiger partial charge in [0.15, 0.2) is 0 Å². The van der Waals surface area contributed by atoms with Crippen LogP contribution in [-0.2, 0) is 0 Å². The maximum absolute atomic E-state index is 9.38. The monoisotopic (exact) mass is 155 g/mol. The molecule has 1 aliphatic carbocycles. The van der Waals surface area contributed by atoms with Crippen LogP contribution in [0.25, 0.3) is 0 Å². The standard InChI is InChI=1S/C10H19O/c11-10-8-6-4-2-1-3-5-7-9-10/h8,10-11H,1-7,9H2. The Kier molecular flexibility index (Phi) is 4.60. The van der Waals surface area contributed by atoms with E-state index in [1.54, 1.807) is 0 Å². The van der Waals surface area contributed by atoms with Crippen LogP contribution in [0.15, 0.2) is 0 Å². The Labute approximate surface area is 69.8 Å². The quantitative estimate of drug-likeness (QED) is 0.570. The van der Waals surface area contributed by atoms with Crippen LogP contribution in [0.5, 0.6) is 0 Å². The van der Waals surface area contributed by atoms with Gasteiger partial charge in [-0.15, -0.1) is 0 Å². The third-order valence-electron chi connectivity index (χ3n) is 2.39. The van der Waals surface area contributed by atoms with Crippen molar-refractivity contribution in [1.82, 2.24) is 0 Å². The summed E-state index contributed by atoms with van der Waals surface area (Å²) in [5, 5.41) is 9.38. The fourth-order valence-corrected chi connectivity index (χ4v) is 1.63. The van der Waals surface area contributed by atoms with Crippen molar-refractivity contribution in [1.29, 1.82) is 0 Å². The van der Waals surface area contributed by atoms with Gasteiger partial charge in [0.2, 0.25) is 0 Å². The number of hydrogen-bond donors (Lipinski definition) is 1. The van der Waals surface area contributed by atoms with Crippen molar-refractivity contribution in [3.05, 3.63) is 6.42 Å². The van der Waals surface area contributed by atoms with Gasteiger partial charge in [-0.3, -0.25) is 0 Å². The molecule has 0 aromatic carbocycles. The van der Waals surface area contributed by atoms with Crippen LogP contribution >= 0.6 is 0 Å². The number of hydrogen-bond acceptors (Lipinski definition) is 1. The minimum absolute atomic E-state index is 0.118. The molecule has 1 heteroatoms. The van der Waals surface area contributed by atoms with Crippen molar-refractivity contribution in [3.8, 4) is 0 Å². The number of aliphatic hydroxyl groups is 1. The molecule has 1 fully saturated rings. The molecule has 1 aliphatic rings. The van der Waals surface area contributed by atoms with Crippen LogP contribution in [0.2, 0.25) is 0 Å². The molecule has 1 saturated carbocycles. The van der Waals surface area contributed by atoms with Gasteiger partial charge in [0.05, 0.1) is 6.10 Å². The van der Waals surface area contributed by atoms with Crippen LogP contribution in [0.3, 0.4) is 0 Å². The first-order valence-corrected chi connectivity index (χ1v) is 4.91. The summed E-state index contributed by atoms with van der Waals surface area (Å²) in [6, 6.07) is 0. The molecule has 0 aromatic rings. The Morgan fingerprint density at radius 3 is 2.36 bits per heavy atom. The maximum Gasteiger partial charge on any atom is 0.0572 e. The van der Waals surface area contributed by atoms with E-state index >= 15 is 0 Å². The first kappa shape index (κ1) is 9.05. The third kappa shape index (κ3) is 4.41. The van der Waals surface area contributed by atoms with E-state index in [0.29, 0.717) is 0 Å². The molecular weight excluding hydrogens is 136 g/mol. The topological polar surface area (TPSA) is 20.2 Å². The van der Waals surface area contributed by atoms with Crippen LogP contribution in [0.4, 0.5) is 0 Å². The average molecular weight is 155 g/mol. The fraction of sp³-hybridized carbons (Fsp3) is 0.900. The lowest BCUT2D eigenvalue weighted by molar-refractivity contribution is 0.185. The predicted octanol–water partition coefficient (Wildman–Crippen LogP) is 2.69. The summed E-state index contributed by atoms with van der Waals surface area (Å²) in [5.41, 5.74) is 0. The number of aliphatic hydroxyl groups excluding tert-OH is 1. The largest absolute Gasteiger partial charge is 0.393 e. The zero-order valence-corrected chi connectivity index (χ0v) is 7.26. The average Bonchev–Trinajstić information content (AvgIpc) is 2.03. The van der Waals surface area contributed by atoms with Gasteiger partial charge in [-0.25, -0.2) is 0 Å². The van der Waals surface area contributed by atoms with Crippen LogP contribution in [-0.4, -0.2) is 11.2 Å². The fourth-order valence-electron chi connectivity index (χ4n) is 1.63. The van der Waals surface area contributed by atoms with E-state index in [0.717, 1.165) is 12.8 Å². The molecule has 1 radical (unpaired) electrons. The van der Waals surface area contributed by atoms with Gasteiger partial charge in [-0.05, 0) is 19.3 Å². The molecule has 11 heavy (non-hydrogen) atoms. The van der Waals surface area contributed by atoms with Gasteiger partial charge in [-0.2, -0.15) is 0 Å². The molecule has 65 valence electrons. The highest BCUT2D eigenvalue weighted by molar-refractivity contribution is 4.75. The Hall–Kier alpha value is -0.0400. The summed E-state index contributed by atoms with van der Waals surface area (Å²) in [7, 11) is 0. The zero-order chi connectivity index (χ0) is 7.94. The molecule has 0 bridgehead atoms. The van der Waals surface area contributed by atoms with E-state index in [4.69, 9.17) is 0 Å². The van der Waals surface area contributed by atoms with Crippen LogP contribution < -0.4 is 0 Å². The minimum atomic E-state index is -0.118. The van der Waals surface area contributed by atoms with Gasteiger partial charge in [0.1, 0.15) is 0 Å². The Morgan fingerprint density at radius 1 is 0.909 bits per heavy atom. The summed E-state index contributed by atoms with van der Waals surface area (Å²) in [6.45, 7) is 0. The van der Waals surface area contributed by atoms with E-state index in [9.17, 15) is 5.11 Å². The lowest BCUT2D eigenvalue weighted by Gasteiger charge is -2.11. The third-order valence-corrected chi connectivity index (χ3v) is 2.39. The second-order valence-electron chi connectivity index (χ2n) is 3.50. The van der Waals surface area contributed by atoms with Crippen molar-refractivity contribution in [2.75, 3.05) is 0 Å². The van der Waals surface area contributed by atoms with E-state index in [2.05, 4.69) is 6.42 Å². The van der Waals surface area contributed by atoms with Crippen LogP contribution in [0, 0.1) is 6.42 Å². The molecule has 0 aliphatic heterocycles. The summed E-state index contributed by atoms with van der Waals surface area (Å²) < 4.78 is 0. The maximum atomic E-state index is 9.38.